The third-order valence-corrected chi connectivity index (χ3v) is 8.12. The van der Waals surface area contributed by atoms with E-state index in [4.69, 9.17) is 4.74 Å². The van der Waals surface area contributed by atoms with Gasteiger partial charge in [-0.15, -0.1) is 0 Å². The molecule has 4 heterocycles. The van der Waals surface area contributed by atoms with Crippen LogP contribution in [0.15, 0.2) is 35.1 Å². The monoisotopic (exact) mass is 463 g/mol. The lowest BCUT2D eigenvalue weighted by atomic mass is 9.92. The van der Waals surface area contributed by atoms with Crippen molar-refractivity contribution in [3.05, 3.63) is 30.2 Å². The van der Waals surface area contributed by atoms with Crippen molar-refractivity contribution in [2.24, 2.45) is 11.3 Å². The minimum absolute atomic E-state index is 0.179. The molecule has 0 N–H and O–H groups in total. The minimum atomic E-state index is -3.57. The Morgan fingerprint density at radius 1 is 1.16 bits per heavy atom. The highest BCUT2D eigenvalue weighted by molar-refractivity contribution is 7.89. The number of rotatable bonds is 5. The largest absolute Gasteiger partial charge is 0.378 e. The van der Waals surface area contributed by atoms with E-state index in [1.165, 1.54) is 11.9 Å². The molecule has 8 nitrogen and oxygen atoms in total. The van der Waals surface area contributed by atoms with E-state index in [0.717, 1.165) is 45.0 Å². The van der Waals surface area contributed by atoms with E-state index in [1.54, 1.807) is 10.4 Å². The molecule has 0 aliphatic carbocycles. The summed E-state index contributed by atoms with van der Waals surface area (Å²) in [5.74, 6) is 1.02. The van der Waals surface area contributed by atoms with E-state index in [1.807, 2.05) is 6.07 Å². The SMILES string of the molecule is CN1C=C(C2CCCN(S(=O)(=O)c3ccc(N4CCOCC4)nc3)C2)N(CC(C)(C)C)C1. The van der Waals surface area contributed by atoms with Crippen LogP contribution in [-0.4, -0.2) is 87.2 Å². The molecule has 1 aromatic heterocycles. The molecule has 178 valence electrons. The summed E-state index contributed by atoms with van der Waals surface area (Å²) in [4.78, 5) is 11.5. The molecule has 4 rings (SSSR count). The van der Waals surface area contributed by atoms with Crippen LogP contribution in [0.3, 0.4) is 0 Å². The number of pyridine rings is 1. The molecule has 1 unspecified atom stereocenters. The second-order valence-corrected chi connectivity index (χ2v) is 12.3. The van der Waals surface area contributed by atoms with Gasteiger partial charge in [-0.3, -0.25) is 0 Å². The van der Waals surface area contributed by atoms with Gasteiger partial charge < -0.3 is 19.4 Å². The average Bonchev–Trinajstić information content (AvgIpc) is 3.13. The lowest BCUT2D eigenvalue weighted by Gasteiger charge is -2.37. The fraction of sp³-hybridized carbons (Fsp3) is 0.696. The van der Waals surface area contributed by atoms with Gasteiger partial charge in [-0.05, 0) is 30.4 Å². The van der Waals surface area contributed by atoms with Gasteiger partial charge in [0.2, 0.25) is 10.0 Å². The van der Waals surface area contributed by atoms with Crippen molar-refractivity contribution in [3.63, 3.8) is 0 Å². The first-order valence-electron chi connectivity index (χ1n) is 11.6. The third kappa shape index (κ3) is 5.21. The van der Waals surface area contributed by atoms with Gasteiger partial charge in [-0.1, -0.05) is 20.8 Å². The lowest BCUT2D eigenvalue weighted by Crippen LogP contribution is -2.43. The van der Waals surface area contributed by atoms with Crippen LogP contribution < -0.4 is 4.90 Å². The van der Waals surface area contributed by atoms with Crippen LogP contribution in [0.25, 0.3) is 0 Å². The van der Waals surface area contributed by atoms with Crippen LogP contribution in [0, 0.1) is 11.3 Å². The lowest BCUT2D eigenvalue weighted by molar-refractivity contribution is 0.122. The van der Waals surface area contributed by atoms with Gasteiger partial charge in [-0.2, -0.15) is 4.31 Å². The van der Waals surface area contributed by atoms with Gasteiger partial charge in [0.25, 0.3) is 0 Å². The van der Waals surface area contributed by atoms with E-state index < -0.39 is 10.0 Å². The predicted octanol–water partition coefficient (Wildman–Crippen LogP) is 2.41. The predicted molar refractivity (Wildman–Crippen MR) is 126 cm³/mol. The number of morpholine rings is 1. The fourth-order valence-electron chi connectivity index (χ4n) is 4.83. The Morgan fingerprint density at radius 2 is 1.91 bits per heavy atom. The molecule has 0 radical (unpaired) electrons. The number of aromatic nitrogens is 1. The number of hydrogen-bond donors (Lipinski definition) is 0. The van der Waals surface area contributed by atoms with Crippen molar-refractivity contribution >= 4 is 15.8 Å². The number of sulfonamides is 1. The van der Waals surface area contributed by atoms with E-state index in [0.29, 0.717) is 26.3 Å². The maximum absolute atomic E-state index is 13.4. The maximum Gasteiger partial charge on any atom is 0.244 e. The summed E-state index contributed by atoms with van der Waals surface area (Å²) in [5, 5.41) is 0. The number of piperidine rings is 1. The highest BCUT2D eigenvalue weighted by Crippen LogP contribution is 2.34. The van der Waals surface area contributed by atoms with Gasteiger partial charge in [0, 0.05) is 63.8 Å². The molecule has 2 fully saturated rings. The summed E-state index contributed by atoms with van der Waals surface area (Å²) in [6.07, 6.45) is 5.59. The molecule has 2 saturated heterocycles. The highest BCUT2D eigenvalue weighted by Gasteiger charge is 2.36. The Kier molecular flexibility index (Phi) is 6.70. The third-order valence-electron chi connectivity index (χ3n) is 6.27. The maximum atomic E-state index is 13.4. The van der Waals surface area contributed by atoms with E-state index in [-0.39, 0.29) is 16.2 Å². The van der Waals surface area contributed by atoms with Crippen LogP contribution in [0.1, 0.15) is 33.6 Å². The van der Waals surface area contributed by atoms with Crippen LogP contribution in [0.5, 0.6) is 0 Å². The zero-order chi connectivity index (χ0) is 22.9. The van der Waals surface area contributed by atoms with Crippen LogP contribution in [-0.2, 0) is 14.8 Å². The van der Waals surface area contributed by atoms with Crippen LogP contribution >= 0.6 is 0 Å². The Hall–Kier alpha value is -1.84. The average molecular weight is 464 g/mol. The van der Waals surface area contributed by atoms with Crippen molar-refractivity contribution in [2.45, 2.75) is 38.5 Å². The second kappa shape index (κ2) is 9.19. The van der Waals surface area contributed by atoms with Crippen molar-refractivity contribution in [1.82, 2.24) is 19.1 Å². The van der Waals surface area contributed by atoms with Crippen LogP contribution in [0.2, 0.25) is 0 Å². The molecule has 3 aliphatic heterocycles. The van der Waals surface area contributed by atoms with Gasteiger partial charge in [0.15, 0.2) is 0 Å². The van der Waals surface area contributed by atoms with E-state index in [2.05, 4.69) is 53.7 Å². The smallest absolute Gasteiger partial charge is 0.244 e. The molecule has 9 heteroatoms. The summed E-state index contributed by atoms with van der Waals surface area (Å²) < 4.78 is 33.9. The first-order valence-corrected chi connectivity index (χ1v) is 13.0. The molecule has 32 heavy (non-hydrogen) atoms. The quantitative estimate of drug-likeness (QED) is 0.664. The Bertz CT molecular complexity index is 920. The van der Waals surface area contributed by atoms with Gasteiger partial charge >= 0.3 is 0 Å². The van der Waals surface area contributed by atoms with E-state index in [9.17, 15) is 8.42 Å². The zero-order valence-electron chi connectivity index (χ0n) is 19.8. The summed E-state index contributed by atoms with van der Waals surface area (Å²) in [5.41, 5.74) is 1.45. The molecule has 0 saturated carbocycles. The molecule has 0 amide bonds. The molecule has 0 bridgehead atoms. The van der Waals surface area contributed by atoms with Gasteiger partial charge in [0.05, 0.1) is 19.9 Å². The number of anilines is 1. The fourth-order valence-corrected chi connectivity index (χ4v) is 6.30. The molecule has 0 aromatic carbocycles. The first kappa shape index (κ1) is 23.3. The Morgan fingerprint density at radius 3 is 2.56 bits per heavy atom. The van der Waals surface area contributed by atoms with E-state index >= 15 is 0 Å². The van der Waals surface area contributed by atoms with Gasteiger partial charge in [-0.25, -0.2) is 13.4 Å². The second-order valence-electron chi connectivity index (χ2n) is 10.4. The normalized spacial score (nSPS) is 23.6. The summed E-state index contributed by atoms with van der Waals surface area (Å²) in [6, 6.07) is 3.52. The van der Waals surface area contributed by atoms with Crippen molar-refractivity contribution < 1.29 is 13.2 Å². The Labute approximate surface area is 192 Å². The summed E-state index contributed by atoms with van der Waals surface area (Å²) in [6.45, 7) is 12.5. The number of nitrogens with zero attached hydrogens (tertiary/aromatic N) is 5. The summed E-state index contributed by atoms with van der Waals surface area (Å²) in [7, 11) is -1.48. The summed E-state index contributed by atoms with van der Waals surface area (Å²) >= 11 is 0. The van der Waals surface area contributed by atoms with Gasteiger partial charge in [0.1, 0.15) is 10.7 Å². The molecule has 0 spiro atoms. The highest BCUT2D eigenvalue weighted by atomic mass is 32.2. The number of hydrogen-bond acceptors (Lipinski definition) is 7. The van der Waals surface area contributed by atoms with Crippen molar-refractivity contribution in [1.29, 1.82) is 0 Å². The molecule has 1 aromatic rings. The minimum Gasteiger partial charge on any atom is -0.378 e. The topological polar surface area (TPSA) is 69.2 Å². The van der Waals surface area contributed by atoms with Crippen molar-refractivity contribution in [2.75, 3.05) is 64.6 Å². The van der Waals surface area contributed by atoms with Crippen molar-refractivity contribution in [3.8, 4) is 0 Å². The van der Waals surface area contributed by atoms with Crippen LogP contribution in [0.4, 0.5) is 5.82 Å². The molecule has 1 atom stereocenters. The Balaban J connectivity index is 1.48. The molecule has 3 aliphatic rings. The zero-order valence-corrected chi connectivity index (χ0v) is 20.6. The molecular weight excluding hydrogens is 426 g/mol. The molecular formula is C23H37N5O3S. The first-order chi connectivity index (χ1) is 15.1. The number of ether oxygens (including phenoxy) is 1. The standard InChI is InChI=1S/C23H37N5O3S/c1-23(2,3)17-27-18-25(4)16-21(27)19-6-5-9-28(15-19)32(29,30)20-7-8-22(24-14-20)26-10-12-31-13-11-26/h7-8,14,16,19H,5-6,9-13,15,17-18H2,1-4H3.